The Bertz CT molecular complexity index is 598. The molecule has 0 atom stereocenters. The largest absolute Gasteiger partial charge is 0.477 e. The van der Waals surface area contributed by atoms with E-state index < -0.39 is 5.97 Å². The molecule has 0 aliphatic heterocycles. The van der Waals surface area contributed by atoms with E-state index in [0.717, 1.165) is 16.3 Å². The standard InChI is InChI=1S/C12H15N3O2S/c1-6(2)9-10(12(16)17)18-11(14-9)8-5-13-15(4)7(8)3/h5-6H,1-4H3,(H,16,17). The van der Waals surface area contributed by atoms with Gasteiger partial charge in [0.1, 0.15) is 9.88 Å². The molecule has 0 aliphatic carbocycles. The molecule has 96 valence electrons. The van der Waals surface area contributed by atoms with Crippen molar-refractivity contribution < 1.29 is 9.90 Å². The number of aromatic carboxylic acids is 1. The van der Waals surface area contributed by atoms with E-state index in [9.17, 15) is 9.90 Å². The monoisotopic (exact) mass is 265 g/mol. The van der Waals surface area contributed by atoms with E-state index in [2.05, 4.69) is 10.1 Å². The summed E-state index contributed by atoms with van der Waals surface area (Å²) >= 11 is 1.21. The van der Waals surface area contributed by atoms with Gasteiger partial charge in [-0.05, 0) is 12.8 Å². The Morgan fingerprint density at radius 3 is 2.56 bits per heavy atom. The summed E-state index contributed by atoms with van der Waals surface area (Å²) in [6.45, 7) is 5.84. The Labute approximate surface area is 109 Å². The molecule has 0 fully saturated rings. The van der Waals surface area contributed by atoms with Gasteiger partial charge < -0.3 is 5.11 Å². The number of aromatic nitrogens is 3. The van der Waals surface area contributed by atoms with Crippen LogP contribution in [0.3, 0.4) is 0 Å². The van der Waals surface area contributed by atoms with Gasteiger partial charge in [0, 0.05) is 12.7 Å². The molecule has 0 amide bonds. The van der Waals surface area contributed by atoms with Crippen LogP contribution in [0.2, 0.25) is 0 Å². The zero-order valence-corrected chi connectivity index (χ0v) is 11.6. The Kier molecular flexibility index (Phi) is 3.21. The average molecular weight is 265 g/mol. The minimum atomic E-state index is -0.913. The molecule has 0 saturated heterocycles. The second-order valence-electron chi connectivity index (χ2n) is 4.46. The molecule has 0 bridgehead atoms. The van der Waals surface area contributed by atoms with Crippen molar-refractivity contribution in [3.8, 4) is 10.6 Å². The van der Waals surface area contributed by atoms with Gasteiger partial charge in [-0.1, -0.05) is 13.8 Å². The van der Waals surface area contributed by atoms with Crippen LogP contribution in [0.4, 0.5) is 0 Å². The first-order valence-corrected chi connectivity index (χ1v) is 6.46. The molecule has 2 aromatic heterocycles. The zero-order valence-electron chi connectivity index (χ0n) is 10.8. The Balaban J connectivity index is 2.57. The lowest BCUT2D eigenvalue weighted by atomic mass is 10.1. The molecule has 5 nitrogen and oxygen atoms in total. The number of rotatable bonds is 3. The molecule has 2 rings (SSSR count). The fraction of sp³-hybridized carbons (Fsp3) is 0.417. The van der Waals surface area contributed by atoms with E-state index in [1.165, 1.54) is 11.3 Å². The lowest BCUT2D eigenvalue weighted by molar-refractivity contribution is 0.0700. The fourth-order valence-electron chi connectivity index (χ4n) is 1.70. The predicted octanol–water partition coefficient (Wildman–Crippen LogP) is 2.67. The highest BCUT2D eigenvalue weighted by molar-refractivity contribution is 7.17. The third-order valence-electron chi connectivity index (χ3n) is 2.86. The smallest absolute Gasteiger partial charge is 0.347 e. The van der Waals surface area contributed by atoms with Gasteiger partial charge in [-0.25, -0.2) is 9.78 Å². The third kappa shape index (κ3) is 2.03. The highest BCUT2D eigenvalue weighted by atomic mass is 32.1. The van der Waals surface area contributed by atoms with Crippen molar-refractivity contribution in [3.63, 3.8) is 0 Å². The number of hydrogen-bond donors (Lipinski definition) is 1. The summed E-state index contributed by atoms with van der Waals surface area (Å²) in [5.41, 5.74) is 2.53. The molecular weight excluding hydrogens is 250 g/mol. The summed E-state index contributed by atoms with van der Waals surface area (Å²) in [4.78, 5) is 16.0. The van der Waals surface area contributed by atoms with Gasteiger partial charge in [0.05, 0.1) is 17.5 Å². The van der Waals surface area contributed by atoms with E-state index in [1.807, 2.05) is 27.8 Å². The zero-order chi connectivity index (χ0) is 13.4. The first-order chi connectivity index (χ1) is 8.41. The molecule has 2 heterocycles. The number of carboxylic acid groups (broad SMARTS) is 1. The van der Waals surface area contributed by atoms with Crippen LogP contribution in [-0.4, -0.2) is 25.8 Å². The molecule has 6 heteroatoms. The number of nitrogens with zero attached hydrogens (tertiary/aromatic N) is 3. The maximum Gasteiger partial charge on any atom is 0.347 e. The summed E-state index contributed by atoms with van der Waals surface area (Å²) in [5, 5.41) is 14.1. The minimum Gasteiger partial charge on any atom is -0.477 e. The number of carboxylic acids is 1. The minimum absolute atomic E-state index is 0.0954. The molecule has 1 N–H and O–H groups in total. The van der Waals surface area contributed by atoms with Gasteiger partial charge in [0.2, 0.25) is 0 Å². The van der Waals surface area contributed by atoms with Crippen molar-refractivity contribution >= 4 is 17.3 Å². The van der Waals surface area contributed by atoms with Crippen molar-refractivity contribution in [1.29, 1.82) is 0 Å². The number of thiazole rings is 1. The average Bonchev–Trinajstić information content (AvgIpc) is 2.85. The number of carbonyl (C=O) groups is 1. The summed E-state index contributed by atoms with van der Waals surface area (Å²) < 4.78 is 1.76. The molecular formula is C12H15N3O2S. The second-order valence-corrected chi connectivity index (χ2v) is 5.46. The first kappa shape index (κ1) is 12.8. The van der Waals surface area contributed by atoms with Crippen molar-refractivity contribution in [2.24, 2.45) is 7.05 Å². The molecule has 0 saturated carbocycles. The second kappa shape index (κ2) is 4.53. The summed E-state index contributed by atoms with van der Waals surface area (Å²) in [6.07, 6.45) is 1.73. The van der Waals surface area contributed by atoms with E-state index in [-0.39, 0.29) is 5.92 Å². The molecule has 0 aromatic carbocycles. The lowest BCUT2D eigenvalue weighted by Crippen LogP contribution is -2.00. The van der Waals surface area contributed by atoms with Crippen LogP contribution in [0.15, 0.2) is 6.20 Å². The normalized spacial score (nSPS) is 11.2. The highest BCUT2D eigenvalue weighted by Crippen LogP contribution is 2.33. The maximum absolute atomic E-state index is 11.2. The molecule has 0 aliphatic rings. The summed E-state index contributed by atoms with van der Waals surface area (Å²) in [6, 6.07) is 0. The van der Waals surface area contributed by atoms with E-state index in [4.69, 9.17) is 0 Å². The van der Waals surface area contributed by atoms with Gasteiger partial charge in [-0.3, -0.25) is 4.68 Å². The lowest BCUT2D eigenvalue weighted by Gasteiger charge is -2.00. The predicted molar refractivity (Wildman–Crippen MR) is 70.1 cm³/mol. The van der Waals surface area contributed by atoms with Crippen LogP contribution < -0.4 is 0 Å². The summed E-state index contributed by atoms with van der Waals surface area (Å²) in [5.74, 6) is -0.818. The van der Waals surface area contributed by atoms with Crippen molar-refractivity contribution in [3.05, 3.63) is 22.5 Å². The van der Waals surface area contributed by atoms with Crippen LogP contribution in [0.1, 0.15) is 40.8 Å². The van der Waals surface area contributed by atoms with Crippen LogP contribution in [0.25, 0.3) is 10.6 Å². The van der Waals surface area contributed by atoms with Crippen LogP contribution in [0, 0.1) is 6.92 Å². The fourth-order valence-corrected chi connectivity index (χ4v) is 2.82. The SMILES string of the molecule is Cc1c(-c2nc(C(C)C)c(C(=O)O)s2)cnn1C. The van der Waals surface area contributed by atoms with E-state index >= 15 is 0 Å². The number of aryl methyl sites for hydroxylation is 1. The molecule has 0 spiro atoms. The third-order valence-corrected chi connectivity index (χ3v) is 3.95. The summed E-state index contributed by atoms with van der Waals surface area (Å²) in [7, 11) is 1.86. The molecule has 18 heavy (non-hydrogen) atoms. The topological polar surface area (TPSA) is 68.0 Å². The van der Waals surface area contributed by atoms with Gasteiger partial charge in [-0.2, -0.15) is 5.10 Å². The van der Waals surface area contributed by atoms with Crippen LogP contribution >= 0.6 is 11.3 Å². The van der Waals surface area contributed by atoms with Gasteiger partial charge in [0.15, 0.2) is 0 Å². The quantitative estimate of drug-likeness (QED) is 0.926. The maximum atomic E-state index is 11.2. The van der Waals surface area contributed by atoms with Crippen molar-refractivity contribution in [2.45, 2.75) is 26.7 Å². The Morgan fingerprint density at radius 1 is 1.50 bits per heavy atom. The van der Waals surface area contributed by atoms with E-state index in [1.54, 1.807) is 10.9 Å². The van der Waals surface area contributed by atoms with Gasteiger partial charge >= 0.3 is 5.97 Å². The van der Waals surface area contributed by atoms with Crippen LogP contribution in [0.5, 0.6) is 0 Å². The Hall–Kier alpha value is -1.69. The first-order valence-electron chi connectivity index (χ1n) is 5.64. The van der Waals surface area contributed by atoms with Gasteiger partial charge in [-0.15, -0.1) is 11.3 Å². The molecule has 0 unspecified atom stereocenters. The molecule has 2 aromatic rings. The Morgan fingerprint density at radius 2 is 2.17 bits per heavy atom. The van der Waals surface area contributed by atoms with Crippen LogP contribution in [-0.2, 0) is 7.05 Å². The van der Waals surface area contributed by atoms with Gasteiger partial charge in [0.25, 0.3) is 0 Å². The van der Waals surface area contributed by atoms with E-state index in [0.29, 0.717) is 10.6 Å². The van der Waals surface area contributed by atoms with Crippen molar-refractivity contribution in [2.75, 3.05) is 0 Å². The van der Waals surface area contributed by atoms with Crippen molar-refractivity contribution in [1.82, 2.24) is 14.8 Å². The highest BCUT2D eigenvalue weighted by Gasteiger charge is 2.21. The number of hydrogen-bond acceptors (Lipinski definition) is 4. The molecule has 0 radical (unpaired) electrons.